The quantitative estimate of drug-likeness (QED) is 0.341. The third kappa shape index (κ3) is 6.41. The molecule has 0 heterocycles. The molecule has 0 bridgehead atoms. The maximum absolute atomic E-state index is 5.85. The van der Waals surface area contributed by atoms with Crippen molar-refractivity contribution in [1.82, 2.24) is 0 Å². The Morgan fingerprint density at radius 2 is 1.91 bits per heavy atom. The number of para-hydroxylation sites is 1. The zero-order chi connectivity index (χ0) is 16.3. The van der Waals surface area contributed by atoms with E-state index < -0.39 is 0 Å². The van der Waals surface area contributed by atoms with Gasteiger partial charge in [-0.15, -0.1) is 0 Å². The van der Waals surface area contributed by atoms with Gasteiger partial charge >= 0.3 is 0 Å². The van der Waals surface area contributed by atoms with Crippen molar-refractivity contribution in [3.05, 3.63) is 42.0 Å². The van der Waals surface area contributed by atoms with Gasteiger partial charge < -0.3 is 4.74 Å². The fraction of sp³-hybridized carbons (Fsp3) is 0.636. The summed E-state index contributed by atoms with van der Waals surface area (Å²) in [5.41, 5.74) is 1.75. The molecule has 1 nitrogen and oxygen atoms in total. The summed E-state index contributed by atoms with van der Waals surface area (Å²) in [7, 11) is 0. The minimum Gasteiger partial charge on any atom is -0.494 e. The number of ether oxygens (including phenoxy) is 1. The summed E-state index contributed by atoms with van der Waals surface area (Å²) in [4.78, 5) is 0. The van der Waals surface area contributed by atoms with Crippen molar-refractivity contribution in [1.29, 1.82) is 0 Å². The molecule has 1 aromatic rings. The van der Waals surface area contributed by atoms with Crippen LogP contribution in [0.4, 0.5) is 0 Å². The number of allylic oxidation sites excluding steroid dienone is 2. The summed E-state index contributed by atoms with van der Waals surface area (Å²) in [6.07, 6.45) is 14.5. The SMILES string of the molecule is CCCC1CC=C(C(CCC)CCCOc2ccccc2)CC1. The Labute approximate surface area is 143 Å². The number of rotatable bonds is 10. The molecule has 0 saturated carbocycles. The second kappa shape index (κ2) is 10.5. The van der Waals surface area contributed by atoms with Crippen molar-refractivity contribution >= 4 is 0 Å². The average molecular weight is 315 g/mol. The van der Waals surface area contributed by atoms with Crippen molar-refractivity contribution in [2.24, 2.45) is 11.8 Å². The third-order valence-electron chi connectivity index (χ3n) is 5.12. The molecule has 23 heavy (non-hydrogen) atoms. The molecule has 1 heteroatoms. The molecule has 0 spiro atoms. The lowest BCUT2D eigenvalue weighted by Crippen LogP contribution is -2.13. The molecule has 0 amide bonds. The predicted octanol–water partition coefficient (Wildman–Crippen LogP) is 6.79. The molecule has 0 aliphatic heterocycles. The van der Waals surface area contributed by atoms with Crippen molar-refractivity contribution in [3.8, 4) is 5.75 Å². The van der Waals surface area contributed by atoms with Gasteiger partial charge in [-0.2, -0.15) is 0 Å². The van der Waals surface area contributed by atoms with Crippen LogP contribution in [0.1, 0.15) is 71.6 Å². The Hall–Kier alpha value is -1.24. The third-order valence-corrected chi connectivity index (χ3v) is 5.12. The summed E-state index contributed by atoms with van der Waals surface area (Å²) in [6, 6.07) is 10.2. The molecule has 0 fully saturated rings. The van der Waals surface area contributed by atoms with Crippen LogP contribution in [0.15, 0.2) is 42.0 Å². The van der Waals surface area contributed by atoms with Gasteiger partial charge in [-0.1, -0.05) is 63.0 Å². The fourth-order valence-corrected chi connectivity index (χ4v) is 3.85. The maximum atomic E-state index is 5.85. The highest BCUT2D eigenvalue weighted by Crippen LogP contribution is 2.34. The first-order chi connectivity index (χ1) is 11.3. The van der Waals surface area contributed by atoms with E-state index in [1.807, 2.05) is 30.3 Å². The van der Waals surface area contributed by atoms with Gasteiger partial charge in [-0.3, -0.25) is 0 Å². The Morgan fingerprint density at radius 3 is 2.57 bits per heavy atom. The zero-order valence-corrected chi connectivity index (χ0v) is 15.1. The number of hydrogen-bond acceptors (Lipinski definition) is 1. The molecule has 1 aliphatic carbocycles. The van der Waals surface area contributed by atoms with Crippen molar-refractivity contribution in [2.45, 2.75) is 71.6 Å². The van der Waals surface area contributed by atoms with E-state index in [9.17, 15) is 0 Å². The Kier molecular flexibility index (Phi) is 8.28. The molecule has 128 valence electrons. The zero-order valence-electron chi connectivity index (χ0n) is 15.1. The van der Waals surface area contributed by atoms with Crippen LogP contribution in [-0.4, -0.2) is 6.61 Å². The monoisotopic (exact) mass is 314 g/mol. The smallest absolute Gasteiger partial charge is 0.119 e. The molecule has 0 aromatic heterocycles. The van der Waals surface area contributed by atoms with E-state index in [2.05, 4.69) is 19.9 Å². The molecule has 0 radical (unpaired) electrons. The van der Waals surface area contributed by atoms with E-state index in [1.54, 1.807) is 5.57 Å². The molecule has 0 N–H and O–H groups in total. The van der Waals surface area contributed by atoms with E-state index in [0.29, 0.717) is 0 Å². The van der Waals surface area contributed by atoms with Crippen LogP contribution in [0.25, 0.3) is 0 Å². The minimum atomic E-state index is 0.793. The Balaban J connectivity index is 1.75. The van der Waals surface area contributed by atoms with E-state index >= 15 is 0 Å². The summed E-state index contributed by atoms with van der Waals surface area (Å²) < 4.78 is 5.85. The van der Waals surface area contributed by atoms with Crippen LogP contribution in [0.2, 0.25) is 0 Å². The van der Waals surface area contributed by atoms with Gasteiger partial charge in [0.2, 0.25) is 0 Å². The lowest BCUT2D eigenvalue weighted by Gasteiger charge is -2.27. The molecular weight excluding hydrogens is 280 g/mol. The van der Waals surface area contributed by atoms with Crippen molar-refractivity contribution in [2.75, 3.05) is 6.61 Å². The highest BCUT2D eigenvalue weighted by molar-refractivity contribution is 5.20. The van der Waals surface area contributed by atoms with Gasteiger partial charge in [-0.25, -0.2) is 0 Å². The van der Waals surface area contributed by atoms with Gasteiger partial charge in [0.1, 0.15) is 5.75 Å². The molecule has 2 atom stereocenters. The first-order valence-corrected chi connectivity index (χ1v) is 9.70. The average Bonchev–Trinajstić information content (AvgIpc) is 2.60. The van der Waals surface area contributed by atoms with Gasteiger partial charge in [0.25, 0.3) is 0 Å². The number of hydrogen-bond donors (Lipinski definition) is 0. The van der Waals surface area contributed by atoms with E-state index in [0.717, 1.165) is 30.6 Å². The van der Waals surface area contributed by atoms with E-state index in [-0.39, 0.29) is 0 Å². The van der Waals surface area contributed by atoms with Crippen LogP contribution in [0.5, 0.6) is 5.75 Å². The molecule has 0 saturated heterocycles. The Bertz CT molecular complexity index is 448. The highest BCUT2D eigenvalue weighted by atomic mass is 16.5. The Morgan fingerprint density at radius 1 is 1.09 bits per heavy atom. The molecule has 2 unspecified atom stereocenters. The normalized spacial score (nSPS) is 19.2. The summed E-state index contributed by atoms with van der Waals surface area (Å²) in [5.74, 6) is 2.74. The van der Waals surface area contributed by atoms with Crippen LogP contribution in [0.3, 0.4) is 0 Å². The summed E-state index contributed by atoms with van der Waals surface area (Å²) in [5, 5.41) is 0. The first kappa shape index (κ1) is 18.1. The van der Waals surface area contributed by atoms with Crippen LogP contribution >= 0.6 is 0 Å². The van der Waals surface area contributed by atoms with Crippen LogP contribution in [0, 0.1) is 11.8 Å². The minimum absolute atomic E-state index is 0.793. The summed E-state index contributed by atoms with van der Waals surface area (Å²) in [6.45, 7) is 5.47. The standard InChI is InChI=1S/C22H34O/c1-3-9-19-14-16-21(17-15-19)20(10-4-2)11-8-18-23-22-12-6-5-7-13-22/h5-7,12-13,16,19-20H,3-4,8-11,14-15,17-18H2,1-2H3. The number of benzene rings is 1. The van der Waals surface area contributed by atoms with Crippen molar-refractivity contribution in [3.63, 3.8) is 0 Å². The van der Waals surface area contributed by atoms with Gasteiger partial charge in [0, 0.05) is 0 Å². The molecule has 1 aromatic carbocycles. The molecule has 2 rings (SSSR count). The molecular formula is C22H34O. The highest BCUT2D eigenvalue weighted by Gasteiger charge is 2.19. The maximum Gasteiger partial charge on any atom is 0.119 e. The largest absolute Gasteiger partial charge is 0.494 e. The fourth-order valence-electron chi connectivity index (χ4n) is 3.85. The summed E-state index contributed by atoms with van der Waals surface area (Å²) >= 11 is 0. The van der Waals surface area contributed by atoms with Gasteiger partial charge in [0.15, 0.2) is 0 Å². The topological polar surface area (TPSA) is 9.23 Å². The van der Waals surface area contributed by atoms with Crippen molar-refractivity contribution < 1.29 is 4.74 Å². The molecule has 1 aliphatic rings. The first-order valence-electron chi connectivity index (χ1n) is 9.70. The van der Waals surface area contributed by atoms with Crippen LogP contribution in [-0.2, 0) is 0 Å². The second-order valence-electron chi connectivity index (χ2n) is 7.00. The van der Waals surface area contributed by atoms with E-state index in [4.69, 9.17) is 4.74 Å². The lowest BCUT2D eigenvalue weighted by atomic mass is 9.79. The van der Waals surface area contributed by atoms with Gasteiger partial charge in [-0.05, 0) is 62.5 Å². The lowest BCUT2D eigenvalue weighted by molar-refractivity contribution is 0.292. The van der Waals surface area contributed by atoms with E-state index in [1.165, 1.54) is 51.4 Å². The van der Waals surface area contributed by atoms with Gasteiger partial charge in [0.05, 0.1) is 6.61 Å². The second-order valence-corrected chi connectivity index (χ2v) is 7.00. The van der Waals surface area contributed by atoms with Crippen LogP contribution < -0.4 is 4.74 Å². The predicted molar refractivity (Wildman–Crippen MR) is 99.9 cm³/mol.